The molecule has 0 aromatic heterocycles. The second-order valence-electron chi connectivity index (χ2n) is 7.07. The highest BCUT2D eigenvalue weighted by atomic mass is 16.5. The number of hydrogen-bond acceptors (Lipinski definition) is 1. The van der Waals surface area contributed by atoms with E-state index in [9.17, 15) is 0 Å². The summed E-state index contributed by atoms with van der Waals surface area (Å²) in [6.45, 7) is 7.80. The Balaban J connectivity index is 3.11. The van der Waals surface area contributed by atoms with Gasteiger partial charge in [0.1, 0.15) is 0 Å². The molecule has 0 N–H and O–H groups in total. The fourth-order valence-corrected chi connectivity index (χ4v) is 2.99. The Morgan fingerprint density at radius 3 is 1.45 bits per heavy atom. The van der Waals surface area contributed by atoms with Crippen LogP contribution in [0, 0.1) is 0 Å². The first-order chi connectivity index (χ1) is 10.8. The van der Waals surface area contributed by atoms with E-state index in [1.807, 2.05) is 0 Å². The summed E-state index contributed by atoms with van der Waals surface area (Å²) in [6.07, 6.45) is 22.6. The van der Waals surface area contributed by atoms with Crippen LogP contribution >= 0.6 is 0 Å². The molecule has 0 rings (SSSR count). The summed E-state index contributed by atoms with van der Waals surface area (Å²) in [4.78, 5) is 0. The Morgan fingerprint density at radius 1 is 0.545 bits per heavy atom. The monoisotopic (exact) mass is 312 g/mol. The maximum absolute atomic E-state index is 5.93. The molecule has 0 spiro atoms. The molecule has 1 unspecified atom stereocenters. The molecule has 0 aromatic rings. The SMILES string of the molecule is CCCCCCCCCCOC(C)CCCCCCCCC. The van der Waals surface area contributed by atoms with Gasteiger partial charge in [0, 0.05) is 6.61 Å². The minimum atomic E-state index is 0.472. The predicted molar refractivity (Wildman–Crippen MR) is 101 cm³/mol. The van der Waals surface area contributed by atoms with Crippen LogP contribution in [0.5, 0.6) is 0 Å². The van der Waals surface area contributed by atoms with Crippen LogP contribution in [0.1, 0.15) is 124 Å². The molecule has 0 radical (unpaired) electrons. The molecular formula is C21H44O. The van der Waals surface area contributed by atoms with E-state index in [4.69, 9.17) is 4.74 Å². The first kappa shape index (κ1) is 22.0. The van der Waals surface area contributed by atoms with Gasteiger partial charge in [0.05, 0.1) is 6.10 Å². The topological polar surface area (TPSA) is 9.23 Å². The summed E-state index contributed by atoms with van der Waals surface area (Å²) in [5.74, 6) is 0. The molecule has 1 heteroatoms. The second-order valence-corrected chi connectivity index (χ2v) is 7.07. The van der Waals surface area contributed by atoms with Gasteiger partial charge < -0.3 is 4.74 Å². The van der Waals surface area contributed by atoms with Gasteiger partial charge in [0.15, 0.2) is 0 Å². The molecule has 0 saturated carbocycles. The molecule has 1 nitrogen and oxygen atoms in total. The Labute approximate surface area is 141 Å². The van der Waals surface area contributed by atoms with Crippen molar-refractivity contribution in [2.45, 2.75) is 130 Å². The molecule has 0 saturated heterocycles. The minimum absolute atomic E-state index is 0.472. The van der Waals surface area contributed by atoms with Crippen molar-refractivity contribution < 1.29 is 4.74 Å². The molecule has 0 fully saturated rings. The van der Waals surface area contributed by atoms with Crippen molar-refractivity contribution in [3.63, 3.8) is 0 Å². The van der Waals surface area contributed by atoms with Gasteiger partial charge >= 0.3 is 0 Å². The zero-order valence-electron chi connectivity index (χ0n) is 16.0. The van der Waals surface area contributed by atoms with Crippen molar-refractivity contribution in [3.05, 3.63) is 0 Å². The molecule has 22 heavy (non-hydrogen) atoms. The molecule has 0 amide bonds. The van der Waals surface area contributed by atoms with E-state index in [1.165, 1.54) is 103 Å². The lowest BCUT2D eigenvalue weighted by atomic mass is 10.1. The number of rotatable bonds is 18. The van der Waals surface area contributed by atoms with E-state index in [0.29, 0.717) is 6.10 Å². The highest BCUT2D eigenvalue weighted by molar-refractivity contribution is 4.53. The summed E-state index contributed by atoms with van der Waals surface area (Å²) < 4.78 is 5.93. The highest BCUT2D eigenvalue weighted by Crippen LogP contribution is 2.12. The summed E-state index contributed by atoms with van der Waals surface area (Å²) in [6, 6.07) is 0. The molecule has 0 aliphatic carbocycles. The van der Waals surface area contributed by atoms with Crippen LogP contribution in [0.2, 0.25) is 0 Å². The Hall–Kier alpha value is -0.0400. The normalized spacial score (nSPS) is 12.7. The molecule has 0 aliphatic heterocycles. The number of ether oxygens (including phenoxy) is 1. The zero-order chi connectivity index (χ0) is 16.3. The molecule has 0 bridgehead atoms. The van der Waals surface area contributed by atoms with E-state index >= 15 is 0 Å². The van der Waals surface area contributed by atoms with Gasteiger partial charge in [0.2, 0.25) is 0 Å². The molecule has 134 valence electrons. The van der Waals surface area contributed by atoms with Crippen LogP contribution in [0.4, 0.5) is 0 Å². The Morgan fingerprint density at radius 2 is 0.955 bits per heavy atom. The van der Waals surface area contributed by atoms with Crippen molar-refractivity contribution in [1.29, 1.82) is 0 Å². The van der Waals surface area contributed by atoms with E-state index in [0.717, 1.165) is 6.61 Å². The van der Waals surface area contributed by atoms with E-state index in [2.05, 4.69) is 20.8 Å². The van der Waals surface area contributed by atoms with Gasteiger partial charge in [0.25, 0.3) is 0 Å². The number of hydrogen-bond donors (Lipinski definition) is 0. The van der Waals surface area contributed by atoms with Crippen LogP contribution < -0.4 is 0 Å². The van der Waals surface area contributed by atoms with Crippen molar-refractivity contribution in [2.75, 3.05) is 6.61 Å². The fraction of sp³-hybridized carbons (Fsp3) is 1.00. The Kier molecular flexibility index (Phi) is 19.0. The predicted octanol–water partition coefficient (Wildman–Crippen LogP) is 7.67. The van der Waals surface area contributed by atoms with Gasteiger partial charge in [-0.15, -0.1) is 0 Å². The minimum Gasteiger partial charge on any atom is -0.379 e. The molecular weight excluding hydrogens is 268 g/mol. The lowest BCUT2D eigenvalue weighted by molar-refractivity contribution is 0.0557. The van der Waals surface area contributed by atoms with Crippen molar-refractivity contribution in [2.24, 2.45) is 0 Å². The van der Waals surface area contributed by atoms with Gasteiger partial charge in [-0.2, -0.15) is 0 Å². The summed E-state index contributed by atoms with van der Waals surface area (Å²) >= 11 is 0. The van der Waals surface area contributed by atoms with Gasteiger partial charge in [-0.1, -0.05) is 104 Å². The van der Waals surface area contributed by atoms with Crippen molar-refractivity contribution in [3.8, 4) is 0 Å². The summed E-state index contributed by atoms with van der Waals surface area (Å²) in [5.41, 5.74) is 0. The smallest absolute Gasteiger partial charge is 0.0547 e. The lowest BCUT2D eigenvalue weighted by Crippen LogP contribution is -2.09. The van der Waals surface area contributed by atoms with Crippen molar-refractivity contribution >= 4 is 0 Å². The second kappa shape index (κ2) is 19.0. The summed E-state index contributed by atoms with van der Waals surface area (Å²) in [5, 5.41) is 0. The molecule has 1 atom stereocenters. The van der Waals surface area contributed by atoms with Gasteiger partial charge in [-0.3, -0.25) is 0 Å². The van der Waals surface area contributed by atoms with E-state index < -0.39 is 0 Å². The molecule has 0 aromatic carbocycles. The van der Waals surface area contributed by atoms with Crippen LogP contribution in [-0.4, -0.2) is 12.7 Å². The first-order valence-corrected chi connectivity index (χ1v) is 10.4. The maximum Gasteiger partial charge on any atom is 0.0547 e. The van der Waals surface area contributed by atoms with Crippen LogP contribution in [0.25, 0.3) is 0 Å². The third kappa shape index (κ3) is 18.0. The Bertz CT molecular complexity index is 190. The summed E-state index contributed by atoms with van der Waals surface area (Å²) in [7, 11) is 0. The fourth-order valence-electron chi connectivity index (χ4n) is 2.99. The highest BCUT2D eigenvalue weighted by Gasteiger charge is 2.02. The van der Waals surface area contributed by atoms with Crippen LogP contribution in [-0.2, 0) is 4.74 Å². The largest absolute Gasteiger partial charge is 0.379 e. The standard InChI is InChI=1S/C21H44O/c1-4-6-8-10-12-14-16-18-20-22-21(3)19-17-15-13-11-9-7-5-2/h21H,4-20H2,1-3H3. The van der Waals surface area contributed by atoms with E-state index in [-0.39, 0.29) is 0 Å². The number of unbranched alkanes of at least 4 members (excludes halogenated alkanes) is 13. The third-order valence-electron chi connectivity index (χ3n) is 4.61. The van der Waals surface area contributed by atoms with Crippen LogP contribution in [0.15, 0.2) is 0 Å². The van der Waals surface area contributed by atoms with Crippen molar-refractivity contribution in [1.82, 2.24) is 0 Å². The zero-order valence-corrected chi connectivity index (χ0v) is 16.0. The average Bonchev–Trinajstić information content (AvgIpc) is 2.52. The van der Waals surface area contributed by atoms with Gasteiger partial charge in [-0.05, 0) is 19.8 Å². The maximum atomic E-state index is 5.93. The van der Waals surface area contributed by atoms with E-state index in [1.54, 1.807) is 0 Å². The van der Waals surface area contributed by atoms with Gasteiger partial charge in [-0.25, -0.2) is 0 Å². The van der Waals surface area contributed by atoms with Crippen LogP contribution in [0.3, 0.4) is 0 Å². The molecule has 0 heterocycles. The average molecular weight is 313 g/mol. The first-order valence-electron chi connectivity index (χ1n) is 10.4. The molecule has 0 aliphatic rings. The quantitative estimate of drug-likeness (QED) is 0.236. The third-order valence-corrected chi connectivity index (χ3v) is 4.61. The lowest BCUT2D eigenvalue weighted by Gasteiger charge is -2.13.